The first-order valence-electron chi connectivity index (χ1n) is 5.35. The summed E-state index contributed by atoms with van der Waals surface area (Å²) < 4.78 is 0. The molecule has 0 aliphatic carbocycles. The first-order chi connectivity index (χ1) is 8.16. The van der Waals surface area contributed by atoms with E-state index in [1.165, 1.54) is 27.7 Å². The molecule has 0 fully saturated rings. The lowest BCUT2D eigenvalue weighted by molar-refractivity contribution is -0.309. The van der Waals surface area contributed by atoms with Crippen molar-refractivity contribution in [3.05, 3.63) is 0 Å². The number of nitrogens with zero attached hydrogens (tertiary/aromatic N) is 2. The summed E-state index contributed by atoms with van der Waals surface area (Å²) in [6, 6.07) is 0. The smallest absolute Gasteiger partial charge is 0.375 e. The molecule has 9 heteroatoms. The highest BCUT2D eigenvalue weighted by Crippen LogP contribution is 2.08. The first kappa shape index (κ1) is 17.0. The van der Waals surface area contributed by atoms with E-state index in [9.17, 15) is 25.2 Å². The van der Waals surface area contributed by atoms with Crippen LogP contribution >= 0.6 is 0 Å². The molecule has 0 rings (SSSR count). The van der Waals surface area contributed by atoms with Crippen molar-refractivity contribution in [2.75, 3.05) is 0 Å². The van der Waals surface area contributed by atoms with Gasteiger partial charge in [0.05, 0.1) is 0 Å². The molecule has 0 aliphatic heterocycles. The predicted octanol–water partition coefficient (Wildman–Crippen LogP) is -1.07. The van der Waals surface area contributed by atoms with E-state index in [2.05, 4.69) is 9.68 Å². The molecule has 0 radical (unpaired) electrons. The normalized spacial score (nSPS) is 18.3. The monoisotopic (exact) mass is 268 g/mol. The van der Waals surface area contributed by atoms with Gasteiger partial charge in [0.25, 0.3) is 0 Å². The van der Waals surface area contributed by atoms with Gasteiger partial charge in [-0.1, -0.05) is 10.1 Å². The van der Waals surface area contributed by atoms with E-state index in [0.717, 1.165) is 0 Å². The van der Waals surface area contributed by atoms with Crippen molar-refractivity contribution >= 4 is 6.16 Å². The van der Waals surface area contributed by atoms with Crippen LogP contribution in [-0.2, 0) is 9.68 Å². The van der Waals surface area contributed by atoms with Gasteiger partial charge in [0.1, 0.15) is 24.9 Å². The minimum atomic E-state index is -1.32. The molecular formula is C9H20N2O7. The van der Waals surface area contributed by atoms with Gasteiger partial charge < -0.3 is 30.1 Å². The fourth-order valence-corrected chi connectivity index (χ4v) is 1.12. The minimum absolute atomic E-state index is 0.574. The summed E-state index contributed by atoms with van der Waals surface area (Å²) in [6.07, 6.45) is -6.36. The highest BCUT2D eigenvalue weighted by Gasteiger charge is 2.27. The Morgan fingerprint density at radius 3 is 1.17 bits per heavy atom. The van der Waals surface area contributed by atoms with Crippen LogP contribution in [0, 0.1) is 0 Å². The molecule has 18 heavy (non-hydrogen) atoms. The summed E-state index contributed by atoms with van der Waals surface area (Å²) in [5.74, 6) is 0. The molecule has 0 bridgehead atoms. The van der Waals surface area contributed by atoms with Crippen molar-refractivity contribution in [2.45, 2.75) is 52.6 Å². The third-order valence-electron chi connectivity index (χ3n) is 1.83. The molecule has 0 aromatic carbocycles. The molecule has 0 saturated carbocycles. The summed E-state index contributed by atoms with van der Waals surface area (Å²) >= 11 is 0. The van der Waals surface area contributed by atoms with Crippen LogP contribution in [0.25, 0.3) is 0 Å². The number of rotatable bonds is 6. The second kappa shape index (κ2) is 7.46. The van der Waals surface area contributed by atoms with Crippen molar-refractivity contribution in [1.29, 1.82) is 0 Å². The van der Waals surface area contributed by atoms with Crippen LogP contribution in [0.5, 0.6) is 0 Å². The molecule has 0 aliphatic rings. The standard InChI is InChI=1S/C9H20N2O7/c1-5(12)10(6(2)13)17-9(16)18-11(7(3)14)8(4)15/h5-8,12-15H,1-4H3. The number of aliphatic hydroxyl groups is 4. The Kier molecular flexibility index (Phi) is 7.06. The van der Waals surface area contributed by atoms with Crippen molar-refractivity contribution in [3.8, 4) is 0 Å². The Bertz CT molecular complexity index is 217. The topological polar surface area (TPSA) is 123 Å². The lowest BCUT2D eigenvalue weighted by Crippen LogP contribution is -2.46. The predicted molar refractivity (Wildman–Crippen MR) is 58.0 cm³/mol. The van der Waals surface area contributed by atoms with Gasteiger partial charge in [0.2, 0.25) is 0 Å². The quantitative estimate of drug-likeness (QED) is 0.352. The SMILES string of the molecule is CC(O)N(OC(=O)ON(C(C)O)C(C)O)C(C)O. The van der Waals surface area contributed by atoms with Crippen molar-refractivity contribution in [2.24, 2.45) is 0 Å². The molecule has 4 atom stereocenters. The van der Waals surface area contributed by atoms with Crippen LogP contribution < -0.4 is 0 Å². The van der Waals surface area contributed by atoms with E-state index >= 15 is 0 Å². The van der Waals surface area contributed by atoms with E-state index in [-0.39, 0.29) is 0 Å². The second-order valence-corrected chi connectivity index (χ2v) is 3.68. The van der Waals surface area contributed by atoms with Gasteiger partial charge in [0, 0.05) is 0 Å². The maximum atomic E-state index is 11.3. The van der Waals surface area contributed by atoms with E-state index in [0.29, 0.717) is 10.1 Å². The van der Waals surface area contributed by atoms with Crippen LogP contribution in [0.4, 0.5) is 4.79 Å². The Morgan fingerprint density at radius 1 is 0.778 bits per heavy atom. The molecule has 4 N–H and O–H groups in total. The maximum absolute atomic E-state index is 11.3. The number of aliphatic hydroxyl groups excluding tert-OH is 4. The van der Waals surface area contributed by atoms with Crippen LogP contribution in [0.3, 0.4) is 0 Å². The molecule has 108 valence electrons. The fraction of sp³-hybridized carbons (Fsp3) is 0.889. The molecule has 0 aromatic heterocycles. The van der Waals surface area contributed by atoms with Gasteiger partial charge in [-0.3, -0.25) is 0 Å². The molecular weight excluding hydrogens is 248 g/mol. The zero-order valence-electron chi connectivity index (χ0n) is 10.7. The summed E-state index contributed by atoms with van der Waals surface area (Å²) in [4.78, 5) is 20.3. The van der Waals surface area contributed by atoms with E-state index in [4.69, 9.17) is 0 Å². The fourth-order valence-electron chi connectivity index (χ4n) is 1.12. The Hall–Kier alpha value is -0.970. The lowest BCUT2D eigenvalue weighted by atomic mass is 10.5. The second-order valence-electron chi connectivity index (χ2n) is 3.68. The van der Waals surface area contributed by atoms with Crippen LogP contribution in [-0.4, -0.2) is 61.6 Å². The van der Waals surface area contributed by atoms with Crippen LogP contribution in [0.1, 0.15) is 27.7 Å². The number of carbonyl (C=O) groups is 1. The number of hydrogen-bond acceptors (Lipinski definition) is 9. The van der Waals surface area contributed by atoms with Gasteiger partial charge in [-0.2, -0.15) is 4.79 Å². The van der Waals surface area contributed by atoms with Gasteiger partial charge in [0.15, 0.2) is 0 Å². The Balaban J connectivity index is 4.48. The van der Waals surface area contributed by atoms with Crippen molar-refractivity contribution in [3.63, 3.8) is 0 Å². The number of hydroxylamine groups is 4. The zero-order chi connectivity index (χ0) is 14.5. The van der Waals surface area contributed by atoms with E-state index in [1.807, 2.05) is 0 Å². The number of carbonyl (C=O) groups excluding carboxylic acids is 1. The molecule has 0 heterocycles. The third-order valence-corrected chi connectivity index (χ3v) is 1.83. The van der Waals surface area contributed by atoms with Crippen molar-refractivity contribution < 1.29 is 34.9 Å². The summed E-state index contributed by atoms with van der Waals surface area (Å²) in [6.45, 7) is 5.06. The van der Waals surface area contributed by atoms with E-state index < -0.39 is 31.1 Å². The summed E-state index contributed by atoms with van der Waals surface area (Å²) in [5, 5.41) is 38.0. The molecule has 0 spiro atoms. The van der Waals surface area contributed by atoms with Crippen molar-refractivity contribution in [1.82, 2.24) is 10.1 Å². The maximum Gasteiger partial charge on any atom is 0.548 e. The summed E-state index contributed by atoms with van der Waals surface area (Å²) in [7, 11) is 0. The molecule has 9 nitrogen and oxygen atoms in total. The first-order valence-corrected chi connectivity index (χ1v) is 5.35. The van der Waals surface area contributed by atoms with Gasteiger partial charge in [-0.15, -0.1) is 0 Å². The summed E-state index contributed by atoms with van der Waals surface area (Å²) in [5.41, 5.74) is 0. The van der Waals surface area contributed by atoms with Crippen LogP contribution in [0.15, 0.2) is 0 Å². The molecule has 0 aromatic rings. The van der Waals surface area contributed by atoms with E-state index in [1.54, 1.807) is 0 Å². The average Bonchev–Trinajstić information content (AvgIpc) is 2.20. The highest BCUT2D eigenvalue weighted by molar-refractivity contribution is 5.59. The molecule has 0 saturated heterocycles. The number of hydrogen-bond donors (Lipinski definition) is 4. The lowest BCUT2D eigenvalue weighted by Gasteiger charge is -2.29. The van der Waals surface area contributed by atoms with Gasteiger partial charge >= 0.3 is 6.16 Å². The van der Waals surface area contributed by atoms with Gasteiger partial charge in [-0.05, 0) is 27.7 Å². The van der Waals surface area contributed by atoms with Gasteiger partial charge in [-0.25, -0.2) is 0 Å². The Morgan fingerprint density at radius 2 is 1.00 bits per heavy atom. The zero-order valence-corrected chi connectivity index (χ0v) is 10.7. The average molecular weight is 268 g/mol. The Labute approximate surface area is 105 Å². The molecule has 4 unspecified atom stereocenters. The largest absolute Gasteiger partial charge is 0.548 e. The van der Waals surface area contributed by atoms with Crippen LogP contribution in [0.2, 0.25) is 0 Å². The third kappa shape index (κ3) is 5.58. The minimum Gasteiger partial charge on any atom is -0.375 e. The highest BCUT2D eigenvalue weighted by atomic mass is 16.9. The molecule has 0 amide bonds.